The number of amides is 1. The summed E-state index contributed by atoms with van der Waals surface area (Å²) in [6.45, 7) is 0.198. The van der Waals surface area contributed by atoms with Crippen molar-refractivity contribution in [2.45, 2.75) is 6.54 Å². The van der Waals surface area contributed by atoms with E-state index in [0.29, 0.717) is 5.69 Å². The van der Waals surface area contributed by atoms with Crippen LogP contribution >= 0.6 is 0 Å². The van der Waals surface area contributed by atoms with Gasteiger partial charge in [0.2, 0.25) is 0 Å². The molecule has 2 rings (SSSR count). The minimum Gasteiger partial charge on any atom is -0.465 e. The van der Waals surface area contributed by atoms with Crippen molar-refractivity contribution in [3.05, 3.63) is 47.3 Å². The third kappa shape index (κ3) is 2.74. The van der Waals surface area contributed by atoms with E-state index in [1.165, 1.54) is 10.7 Å². The maximum atomic E-state index is 10.4. The maximum absolute atomic E-state index is 10.4. The van der Waals surface area contributed by atoms with Crippen LogP contribution in [0.2, 0.25) is 0 Å². The maximum Gasteiger partial charge on any atom is 0.404 e. The molecule has 0 bridgehead atoms. The zero-order valence-electron chi connectivity index (χ0n) is 10.2. The molecule has 0 atom stereocenters. The van der Waals surface area contributed by atoms with Gasteiger partial charge in [0, 0.05) is 12.6 Å². The first kappa shape index (κ1) is 13.1. The van der Waals surface area contributed by atoms with Crippen LogP contribution in [0, 0.1) is 22.7 Å². The molecule has 7 nitrogen and oxygen atoms in total. The molecular formula is C13H9N5O2. The van der Waals surface area contributed by atoms with E-state index in [1.807, 2.05) is 12.1 Å². The molecule has 0 aliphatic carbocycles. The molecule has 1 aromatic heterocycles. The van der Waals surface area contributed by atoms with Gasteiger partial charge in [0.25, 0.3) is 0 Å². The Morgan fingerprint density at radius 3 is 2.55 bits per heavy atom. The van der Waals surface area contributed by atoms with Crippen molar-refractivity contribution in [3.8, 4) is 17.8 Å². The van der Waals surface area contributed by atoms with Crippen molar-refractivity contribution in [3.63, 3.8) is 0 Å². The van der Waals surface area contributed by atoms with Gasteiger partial charge in [0.05, 0.1) is 5.69 Å². The summed E-state index contributed by atoms with van der Waals surface area (Å²) < 4.78 is 1.37. The number of nitriles is 2. The van der Waals surface area contributed by atoms with E-state index in [-0.39, 0.29) is 17.9 Å². The van der Waals surface area contributed by atoms with Crippen LogP contribution in [0.25, 0.3) is 5.69 Å². The third-order valence-electron chi connectivity index (χ3n) is 2.56. The van der Waals surface area contributed by atoms with Crippen molar-refractivity contribution in [1.82, 2.24) is 15.1 Å². The normalized spacial score (nSPS) is 9.50. The molecule has 20 heavy (non-hydrogen) atoms. The predicted molar refractivity (Wildman–Crippen MR) is 67.9 cm³/mol. The molecule has 0 aliphatic rings. The van der Waals surface area contributed by atoms with E-state index in [9.17, 15) is 4.79 Å². The number of carbonyl (C=O) groups is 1. The highest BCUT2D eigenvalue weighted by molar-refractivity contribution is 5.64. The van der Waals surface area contributed by atoms with Gasteiger partial charge in [-0.3, -0.25) is 0 Å². The average Bonchev–Trinajstić information content (AvgIpc) is 2.89. The van der Waals surface area contributed by atoms with Gasteiger partial charge >= 0.3 is 6.09 Å². The molecule has 0 saturated heterocycles. The van der Waals surface area contributed by atoms with Gasteiger partial charge in [-0.15, -0.1) is 0 Å². The molecule has 2 N–H and O–H groups in total. The van der Waals surface area contributed by atoms with Crippen LogP contribution in [0.15, 0.2) is 30.3 Å². The van der Waals surface area contributed by atoms with E-state index in [2.05, 4.69) is 10.4 Å². The molecular weight excluding hydrogens is 258 g/mol. The lowest BCUT2D eigenvalue weighted by Crippen LogP contribution is -2.19. The smallest absolute Gasteiger partial charge is 0.404 e. The molecule has 7 heteroatoms. The Morgan fingerprint density at radius 1 is 1.30 bits per heavy atom. The number of rotatable bonds is 3. The number of benzene rings is 1. The first-order valence-electron chi connectivity index (χ1n) is 5.60. The molecule has 0 unspecified atom stereocenters. The lowest BCUT2D eigenvalue weighted by molar-refractivity contribution is 0.194. The summed E-state index contributed by atoms with van der Waals surface area (Å²) in [4.78, 5) is 10.4. The summed E-state index contributed by atoms with van der Waals surface area (Å²) >= 11 is 0. The molecule has 1 aromatic carbocycles. The van der Waals surface area contributed by atoms with E-state index >= 15 is 0 Å². The van der Waals surface area contributed by atoms with Gasteiger partial charge in [0.15, 0.2) is 5.69 Å². The Morgan fingerprint density at radius 2 is 2.00 bits per heavy atom. The summed E-state index contributed by atoms with van der Waals surface area (Å²) in [5.41, 5.74) is 1.83. The van der Waals surface area contributed by atoms with Crippen LogP contribution in [0.3, 0.4) is 0 Å². The van der Waals surface area contributed by atoms with E-state index in [4.69, 9.17) is 15.6 Å². The fourth-order valence-electron chi connectivity index (χ4n) is 1.64. The van der Waals surface area contributed by atoms with Crippen molar-refractivity contribution < 1.29 is 9.90 Å². The minimum absolute atomic E-state index is 0.165. The number of nitrogens with zero attached hydrogens (tertiary/aromatic N) is 4. The molecule has 1 heterocycles. The second-order valence-electron chi connectivity index (χ2n) is 3.88. The van der Waals surface area contributed by atoms with Gasteiger partial charge in [-0.25, -0.2) is 9.48 Å². The Bertz CT molecular complexity index is 719. The van der Waals surface area contributed by atoms with Crippen molar-refractivity contribution in [2.24, 2.45) is 0 Å². The molecule has 0 radical (unpaired) electrons. The summed E-state index contributed by atoms with van der Waals surface area (Å²) in [5, 5.41) is 32.5. The fourth-order valence-corrected chi connectivity index (χ4v) is 1.64. The Hall–Kier alpha value is -3.32. The van der Waals surface area contributed by atoms with E-state index in [1.54, 1.807) is 24.3 Å². The largest absolute Gasteiger partial charge is 0.465 e. The number of aromatic nitrogens is 2. The third-order valence-corrected chi connectivity index (χ3v) is 2.56. The Balaban J connectivity index is 2.26. The average molecular weight is 267 g/mol. The van der Waals surface area contributed by atoms with E-state index < -0.39 is 6.09 Å². The molecule has 2 aromatic rings. The Labute approximate surface area is 114 Å². The summed E-state index contributed by atoms with van der Waals surface area (Å²) in [7, 11) is 0. The SMILES string of the molecule is N#Cc1cc(C#N)n(-c2ccc(CNC(=O)O)cc2)n1. The molecule has 0 saturated carbocycles. The zero-order chi connectivity index (χ0) is 14.5. The van der Waals surface area contributed by atoms with Gasteiger partial charge in [-0.2, -0.15) is 15.6 Å². The zero-order valence-corrected chi connectivity index (χ0v) is 10.2. The molecule has 0 spiro atoms. The second kappa shape index (κ2) is 5.55. The Kier molecular flexibility index (Phi) is 3.64. The summed E-state index contributed by atoms with van der Waals surface area (Å²) in [5.74, 6) is 0. The molecule has 98 valence electrons. The fraction of sp³-hybridized carbons (Fsp3) is 0.0769. The van der Waals surface area contributed by atoms with E-state index in [0.717, 1.165) is 5.56 Å². The highest BCUT2D eigenvalue weighted by Crippen LogP contribution is 2.13. The lowest BCUT2D eigenvalue weighted by atomic mass is 10.2. The quantitative estimate of drug-likeness (QED) is 0.871. The van der Waals surface area contributed by atoms with Crippen molar-refractivity contribution in [1.29, 1.82) is 10.5 Å². The van der Waals surface area contributed by atoms with Gasteiger partial charge < -0.3 is 10.4 Å². The first-order chi connectivity index (χ1) is 9.63. The van der Waals surface area contributed by atoms with Crippen LogP contribution < -0.4 is 5.32 Å². The van der Waals surface area contributed by atoms with Crippen molar-refractivity contribution >= 4 is 6.09 Å². The number of hydrogen-bond donors (Lipinski definition) is 2. The molecule has 0 fully saturated rings. The number of hydrogen-bond acceptors (Lipinski definition) is 4. The summed E-state index contributed by atoms with van der Waals surface area (Å²) in [6.07, 6.45) is -1.09. The molecule has 1 amide bonds. The highest BCUT2D eigenvalue weighted by atomic mass is 16.4. The number of carboxylic acid groups (broad SMARTS) is 1. The van der Waals surface area contributed by atoms with Crippen molar-refractivity contribution in [2.75, 3.05) is 0 Å². The van der Waals surface area contributed by atoms with Gasteiger partial charge in [-0.1, -0.05) is 12.1 Å². The molecule has 0 aliphatic heterocycles. The lowest BCUT2D eigenvalue weighted by Gasteiger charge is -2.05. The van der Waals surface area contributed by atoms with Gasteiger partial charge in [-0.05, 0) is 17.7 Å². The van der Waals surface area contributed by atoms with Crippen LogP contribution in [0.4, 0.5) is 4.79 Å². The van der Waals surface area contributed by atoms with Gasteiger partial charge in [0.1, 0.15) is 17.8 Å². The van der Waals surface area contributed by atoms with Crippen LogP contribution in [-0.4, -0.2) is 21.0 Å². The van der Waals surface area contributed by atoms with Crippen LogP contribution in [0.5, 0.6) is 0 Å². The topological polar surface area (TPSA) is 115 Å². The summed E-state index contributed by atoms with van der Waals surface area (Å²) in [6, 6.07) is 12.1. The highest BCUT2D eigenvalue weighted by Gasteiger charge is 2.08. The monoisotopic (exact) mass is 267 g/mol. The predicted octanol–water partition coefficient (Wildman–Crippen LogP) is 1.38. The first-order valence-corrected chi connectivity index (χ1v) is 5.60. The standard InChI is InChI=1S/C13H9N5O2/c14-6-10-5-12(7-15)18(17-10)11-3-1-9(2-4-11)8-16-13(19)20/h1-5,16H,8H2,(H,19,20). The minimum atomic E-state index is -1.09. The number of nitrogens with one attached hydrogen (secondary N) is 1. The van der Waals surface area contributed by atoms with Crippen LogP contribution in [0.1, 0.15) is 17.0 Å². The van der Waals surface area contributed by atoms with Crippen LogP contribution in [-0.2, 0) is 6.54 Å². The second-order valence-corrected chi connectivity index (χ2v) is 3.88.